The number of hydrogen-bond donors (Lipinski definition) is 2. The Morgan fingerprint density at radius 3 is 2.42 bits per heavy atom. The topological polar surface area (TPSA) is 60.8 Å². The SMILES string of the molecule is CN(C)C(O)CCCCC(=O)O. The van der Waals surface area contributed by atoms with Gasteiger partial charge in [0.05, 0.1) is 0 Å². The number of rotatable bonds is 6. The average molecular weight is 175 g/mol. The van der Waals surface area contributed by atoms with Gasteiger partial charge in [0.15, 0.2) is 0 Å². The van der Waals surface area contributed by atoms with Crippen LogP contribution >= 0.6 is 0 Å². The third-order valence-corrected chi connectivity index (χ3v) is 1.70. The van der Waals surface area contributed by atoms with Crippen molar-refractivity contribution in [2.45, 2.75) is 31.9 Å². The van der Waals surface area contributed by atoms with Gasteiger partial charge < -0.3 is 10.2 Å². The van der Waals surface area contributed by atoms with Crippen LogP contribution in [0.15, 0.2) is 0 Å². The summed E-state index contributed by atoms with van der Waals surface area (Å²) in [5.74, 6) is -0.769. The Hall–Kier alpha value is -0.610. The number of carboxylic acid groups (broad SMARTS) is 1. The summed E-state index contributed by atoms with van der Waals surface area (Å²) in [6.07, 6.45) is 1.78. The van der Waals surface area contributed by atoms with Crippen molar-refractivity contribution in [2.24, 2.45) is 0 Å². The van der Waals surface area contributed by atoms with Gasteiger partial charge in [-0.05, 0) is 33.4 Å². The molecule has 12 heavy (non-hydrogen) atoms. The Kier molecular flexibility index (Phi) is 5.66. The smallest absolute Gasteiger partial charge is 0.303 e. The molecule has 1 atom stereocenters. The highest BCUT2D eigenvalue weighted by Crippen LogP contribution is 2.04. The van der Waals surface area contributed by atoms with Gasteiger partial charge in [-0.2, -0.15) is 0 Å². The number of aliphatic hydroxyl groups is 1. The van der Waals surface area contributed by atoms with Crippen LogP contribution in [0.2, 0.25) is 0 Å². The molecule has 4 heteroatoms. The Morgan fingerprint density at radius 1 is 1.42 bits per heavy atom. The zero-order valence-electron chi connectivity index (χ0n) is 7.66. The standard InChI is InChI=1S/C8H17NO3/c1-9(2)7(10)5-3-4-6-8(11)12/h7,10H,3-6H2,1-2H3,(H,11,12). The zero-order valence-corrected chi connectivity index (χ0v) is 7.66. The van der Waals surface area contributed by atoms with Crippen LogP contribution in [-0.2, 0) is 4.79 Å². The van der Waals surface area contributed by atoms with E-state index in [1.807, 2.05) is 0 Å². The van der Waals surface area contributed by atoms with Gasteiger partial charge in [0, 0.05) is 6.42 Å². The van der Waals surface area contributed by atoms with Crippen molar-refractivity contribution in [1.29, 1.82) is 0 Å². The highest BCUT2D eigenvalue weighted by Gasteiger charge is 2.05. The monoisotopic (exact) mass is 175 g/mol. The van der Waals surface area contributed by atoms with Crippen LogP contribution in [0.4, 0.5) is 0 Å². The van der Waals surface area contributed by atoms with Gasteiger partial charge in [0.25, 0.3) is 0 Å². The molecule has 0 amide bonds. The van der Waals surface area contributed by atoms with E-state index in [4.69, 9.17) is 5.11 Å². The summed E-state index contributed by atoms with van der Waals surface area (Å²) in [4.78, 5) is 11.8. The first kappa shape index (κ1) is 11.4. The first-order valence-corrected chi connectivity index (χ1v) is 4.10. The minimum absolute atomic E-state index is 0.195. The van der Waals surface area contributed by atoms with Gasteiger partial charge >= 0.3 is 5.97 Å². The predicted molar refractivity (Wildman–Crippen MR) is 45.8 cm³/mol. The molecule has 0 spiro atoms. The van der Waals surface area contributed by atoms with E-state index in [2.05, 4.69) is 0 Å². The van der Waals surface area contributed by atoms with Crippen molar-refractivity contribution in [3.63, 3.8) is 0 Å². The number of nitrogens with zero attached hydrogens (tertiary/aromatic N) is 1. The molecule has 0 aliphatic rings. The van der Waals surface area contributed by atoms with Gasteiger partial charge in [-0.3, -0.25) is 9.69 Å². The maximum absolute atomic E-state index is 10.1. The van der Waals surface area contributed by atoms with E-state index in [0.29, 0.717) is 12.8 Å². The molecule has 0 aliphatic heterocycles. The first-order chi connectivity index (χ1) is 5.54. The molecule has 0 radical (unpaired) electrons. The van der Waals surface area contributed by atoms with Crippen LogP contribution in [0, 0.1) is 0 Å². The molecule has 0 saturated heterocycles. The van der Waals surface area contributed by atoms with Gasteiger partial charge in [-0.15, -0.1) is 0 Å². The van der Waals surface area contributed by atoms with E-state index >= 15 is 0 Å². The van der Waals surface area contributed by atoms with E-state index in [9.17, 15) is 9.90 Å². The Labute approximate surface area is 72.8 Å². The summed E-state index contributed by atoms with van der Waals surface area (Å²) >= 11 is 0. The second kappa shape index (κ2) is 5.97. The second-order valence-electron chi connectivity index (χ2n) is 3.08. The van der Waals surface area contributed by atoms with E-state index < -0.39 is 12.2 Å². The minimum atomic E-state index is -0.769. The van der Waals surface area contributed by atoms with Crippen LogP contribution in [0.1, 0.15) is 25.7 Å². The third kappa shape index (κ3) is 6.12. The number of hydrogen-bond acceptors (Lipinski definition) is 3. The lowest BCUT2D eigenvalue weighted by Crippen LogP contribution is -2.27. The maximum Gasteiger partial charge on any atom is 0.303 e. The molecule has 72 valence electrons. The van der Waals surface area contributed by atoms with Gasteiger partial charge in [0.2, 0.25) is 0 Å². The molecule has 0 aromatic carbocycles. The van der Waals surface area contributed by atoms with Gasteiger partial charge in [0.1, 0.15) is 6.23 Å². The molecular weight excluding hydrogens is 158 g/mol. The number of carbonyl (C=O) groups is 1. The molecular formula is C8H17NO3. The highest BCUT2D eigenvalue weighted by atomic mass is 16.4. The lowest BCUT2D eigenvalue weighted by Gasteiger charge is -2.17. The van der Waals surface area contributed by atoms with Crippen molar-refractivity contribution < 1.29 is 15.0 Å². The molecule has 0 fully saturated rings. The Bertz CT molecular complexity index is 136. The van der Waals surface area contributed by atoms with Crippen LogP contribution in [0.5, 0.6) is 0 Å². The predicted octanol–water partition coefficient (Wildman–Crippen LogP) is 0.511. The van der Waals surface area contributed by atoms with E-state index in [1.165, 1.54) is 0 Å². The largest absolute Gasteiger partial charge is 0.481 e. The number of aliphatic carboxylic acids is 1. The lowest BCUT2D eigenvalue weighted by atomic mass is 10.2. The van der Waals surface area contributed by atoms with Crippen LogP contribution in [0.3, 0.4) is 0 Å². The summed E-state index contributed by atoms with van der Waals surface area (Å²) in [5.41, 5.74) is 0. The molecule has 0 aromatic rings. The third-order valence-electron chi connectivity index (χ3n) is 1.70. The van der Waals surface area contributed by atoms with E-state index in [-0.39, 0.29) is 6.42 Å². The number of unbranched alkanes of at least 4 members (excludes halogenated alkanes) is 1. The molecule has 1 unspecified atom stereocenters. The highest BCUT2D eigenvalue weighted by molar-refractivity contribution is 5.66. The van der Waals surface area contributed by atoms with Crippen LogP contribution in [-0.4, -0.2) is 41.4 Å². The summed E-state index contributed by atoms with van der Waals surface area (Å²) < 4.78 is 0. The fourth-order valence-corrected chi connectivity index (χ4v) is 0.861. The van der Waals surface area contributed by atoms with Crippen molar-refractivity contribution in [1.82, 2.24) is 4.90 Å². The fraction of sp³-hybridized carbons (Fsp3) is 0.875. The second-order valence-corrected chi connectivity index (χ2v) is 3.08. The lowest BCUT2D eigenvalue weighted by molar-refractivity contribution is -0.137. The molecule has 2 N–H and O–H groups in total. The molecule has 0 saturated carbocycles. The minimum Gasteiger partial charge on any atom is -0.481 e. The molecule has 0 rings (SSSR count). The van der Waals surface area contributed by atoms with E-state index in [1.54, 1.807) is 19.0 Å². The molecule has 0 bridgehead atoms. The van der Waals surface area contributed by atoms with Crippen LogP contribution in [0.25, 0.3) is 0 Å². The zero-order chi connectivity index (χ0) is 9.56. The quantitative estimate of drug-likeness (QED) is 0.456. The Balaban J connectivity index is 3.25. The van der Waals surface area contributed by atoms with Gasteiger partial charge in [-0.1, -0.05) is 0 Å². The van der Waals surface area contributed by atoms with Crippen LogP contribution < -0.4 is 0 Å². The van der Waals surface area contributed by atoms with Crippen molar-refractivity contribution >= 4 is 5.97 Å². The fourth-order valence-electron chi connectivity index (χ4n) is 0.861. The molecule has 0 aromatic heterocycles. The Morgan fingerprint density at radius 2 is 2.00 bits per heavy atom. The molecule has 0 heterocycles. The average Bonchev–Trinajstić information content (AvgIpc) is 1.97. The number of aliphatic hydroxyl groups excluding tert-OH is 1. The summed E-state index contributed by atoms with van der Waals surface area (Å²) in [7, 11) is 3.59. The van der Waals surface area contributed by atoms with Crippen molar-refractivity contribution in [2.75, 3.05) is 14.1 Å². The first-order valence-electron chi connectivity index (χ1n) is 4.10. The number of carboxylic acids is 1. The summed E-state index contributed by atoms with van der Waals surface area (Å²) in [6.45, 7) is 0. The van der Waals surface area contributed by atoms with Crippen molar-refractivity contribution in [3.05, 3.63) is 0 Å². The summed E-state index contributed by atoms with van der Waals surface area (Å²) in [6, 6.07) is 0. The maximum atomic E-state index is 10.1. The van der Waals surface area contributed by atoms with E-state index in [0.717, 1.165) is 6.42 Å². The van der Waals surface area contributed by atoms with Gasteiger partial charge in [-0.25, -0.2) is 0 Å². The van der Waals surface area contributed by atoms with Crippen molar-refractivity contribution in [3.8, 4) is 0 Å². The normalized spacial score (nSPS) is 13.3. The molecule has 4 nitrogen and oxygen atoms in total. The molecule has 0 aliphatic carbocycles. The summed E-state index contributed by atoms with van der Waals surface area (Å²) in [5, 5.41) is 17.6.